The Morgan fingerprint density at radius 1 is 0.430 bits per heavy atom. The van der Waals surface area contributed by atoms with Gasteiger partial charge in [-0.1, -0.05) is 257 Å². The lowest BCUT2D eigenvalue weighted by molar-refractivity contribution is 0.632. The van der Waals surface area contributed by atoms with E-state index in [1.807, 2.05) is 26.0 Å². The molecule has 0 bridgehead atoms. The van der Waals surface area contributed by atoms with E-state index in [9.17, 15) is 0 Å². The van der Waals surface area contributed by atoms with Gasteiger partial charge in [0.2, 0.25) is 0 Å². The monoisotopic (exact) mass is 1020 g/mol. The van der Waals surface area contributed by atoms with Gasteiger partial charge in [-0.15, -0.1) is 0 Å². The quantitative estimate of drug-likeness (QED) is 0.127. The Balaban J connectivity index is 0.000000239. The van der Waals surface area contributed by atoms with Gasteiger partial charge < -0.3 is 11.1 Å². The number of fused-ring (bicyclic) bond motifs is 19. The van der Waals surface area contributed by atoms with Crippen LogP contribution in [0, 0.1) is 12.3 Å². The van der Waals surface area contributed by atoms with E-state index in [0.29, 0.717) is 13.1 Å². The zero-order valence-corrected chi connectivity index (χ0v) is 46.4. The van der Waals surface area contributed by atoms with Crippen LogP contribution in [0.2, 0.25) is 0 Å². The second-order valence-corrected chi connectivity index (χ2v) is 21.5. The molecule has 0 aromatic heterocycles. The highest BCUT2D eigenvalue weighted by Crippen LogP contribution is 2.68. The minimum atomic E-state index is -0.549. The molecule has 10 aromatic carbocycles. The van der Waals surface area contributed by atoms with Crippen LogP contribution in [0.5, 0.6) is 0 Å². The lowest BCUT2D eigenvalue weighted by atomic mass is 9.52. The molecule has 2 spiro atoms. The topological polar surface area (TPSA) is 62.2 Å². The molecule has 0 heterocycles. The SMILES string of the molecule is C/C=C\C.C=N.CC1(C)c2ccccc2-c2ccc(CN)cc21.CCc1c(-c2ccccc2C)ccc2c1-c1c(C=NCc3ccccc3)cccc1C21c2ccccc2C2(c3ccccc3-c3ccccc32)c2ccccc21. The van der Waals surface area contributed by atoms with E-state index in [-0.39, 0.29) is 5.41 Å². The Morgan fingerprint density at radius 2 is 0.873 bits per heavy atom. The predicted molar refractivity (Wildman–Crippen MR) is 334 cm³/mol. The molecule has 3 heteroatoms. The second kappa shape index (κ2) is 21.6. The van der Waals surface area contributed by atoms with Crippen LogP contribution >= 0.6 is 0 Å². The number of aryl methyl sites for hydroxylation is 1. The van der Waals surface area contributed by atoms with Crippen LogP contribution < -0.4 is 5.73 Å². The maximum atomic E-state index is 5.74. The fourth-order valence-corrected chi connectivity index (χ4v) is 13.8. The van der Waals surface area contributed by atoms with Gasteiger partial charge in [0.25, 0.3) is 0 Å². The molecule has 14 rings (SSSR count). The lowest BCUT2D eigenvalue weighted by Gasteiger charge is -2.49. The summed E-state index contributed by atoms with van der Waals surface area (Å²) in [5, 5.41) is 5.50. The van der Waals surface area contributed by atoms with Crippen LogP contribution in [0.3, 0.4) is 0 Å². The molecule has 79 heavy (non-hydrogen) atoms. The highest BCUT2D eigenvalue weighted by Gasteiger charge is 2.59. The van der Waals surface area contributed by atoms with Crippen LogP contribution in [-0.4, -0.2) is 12.9 Å². The van der Waals surface area contributed by atoms with E-state index < -0.39 is 10.8 Å². The zero-order valence-electron chi connectivity index (χ0n) is 46.4. The Hall–Kier alpha value is -8.76. The van der Waals surface area contributed by atoms with Gasteiger partial charge in [-0.05, 0) is 156 Å². The van der Waals surface area contributed by atoms with Crippen molar-refractivity contribution in [3.05, 3.63) is 320 Å². The third kappa shape index (κ3) is 8.13. The normalized spacial score (nSPS) is 14.2. The molecule has 0 saturated heterocycles. The number of rotatable bonds is 6. The summed E-state index contributed by atoms with van der Waals surface area (Å²) in [4.78, 5) is 5.12. The summed E-state index contributed by atoms with van der Waals surface area (Å²) in [6, 6.07) is 83.6. The Bertz CT molecular complexity index is 3870. The molecular formula is C76H69N3. The molecule has 0 radical (unpaired) electrons. The van der Waals surface area contributed by atoms with Gasteiger partial charge in [0.15, 0.2) is 0 Å². The van der Waals surface area contributed by atoms with Gasteiger partial charge >= 0.3 is 0 Å². The first kappa shape index (κ1) is 52.3. The number of nitrogens with one attached hydrogen (secondary N) is 1. The van der Waals surface area contributed by atoms with Crippen molar-refractivity contribution < 1.29 is 0 Å². The maximum absolute atomic E-state index is 5.74. The van der Waals surface area contributed by atoms with E-state index in [2.05, 4.69) is 265 Å². The number of hydrogen-bond acceptors (Lipinski definition) is 3. The largest absolute Gasteiger partial charge is 0.326 e. The Morgan fingerprint density at radius 3 is 1.42 bits per heavy atom. The number of nitrogens with zero attached hydrogens (tertiary/aromatic N) is 1. The minimum absolute atomic E-state index is 0.0944. The molecule has 0 fully saturated rings. The van der Waals surface area contributed by atoms with E-state index in [1.54, 1.807) is 0 Å². The summed E-state index contributed by atoms with van der Waals surface area (Å²) in [6.07, 6.45) is 7.05. The fourth-order valence-electron chi connectivity index (χ4n) is 13.8. The zero-order chi connectivity index (χ0) is 54.9. The highest BCUT2D eigenvalue weighted by atomic mass is 14.7. The van der Waals surface area contributed by atoms with Crippen LogP contribution in [0.1, 0.15) is 118 Å². The molecule has 3 N–H and O–H groups in total. The standard InChI is InChI=1S/C55H41N.C16H17N.C4H8.CH3N/c1-3-39-41(40-22-8-7-18-36(40)2)32-33-51-53(39)52-38(35-56-34-37-19-5-4-6-20-37)21-17-31-50(52)55(51)48-29-15-13-27-46(48)54(47-28-14-16-30-49(47)55)44-25-11-9-23-42(44)43-24-10-12-26-45(43)54;1-16(2)14-6-4-3-5-12(14)13-8-7-11(10-17)9-15(13)16;1-3-4-2;1-2/h4-33,35H,3,34H2,1-2H3;3-9H,10,17H2,1-2H3;3-4H,1-2H3;2H,1H2/b;;4-3-;. The average molecular weight is 1020 g/mol. The van der Waals surface area contributed by atoms with Crippen LogP contribution in [0.4, 0.5) is 0 Å². The molecule has 0 atom stereocenters. The Labute approximate surface area is 468 Å². The molecular weight excluding hydrogens is 955 g/mol. The molecule has 10 aromatic rings. The Kier molecular flexibility index (Phi) is 14.3. The third-order valence-electron chi connectivity index (χ3n) is 17.2. The molecule has 4 aliphatic rings. The van der Waals surface area contributed by atoms with Crippen molar-refractivity contribution in [3.63, 3.8) is 0 Å². The summed E-state index contributed by atoms with van der Waals surface area (Å²) in [7, 11) is 0. The molecule has 0 aliphatic heterocycles. The van der Waals surface area contributed by atoms with Gasteiger partial charge in [0, 0.05) is 23.7 Å². The smallest absolute Gasteiger partial charge is 0.0720 e. The van der Waals surface area contributed by atoms with Crippen molar-refractivity contribution in [1.82, 2.24) is 0 Å². The first-order chi connectivity index (χ1) is 38.7. The lowest BCUT2D eigenvalue weighted by Crippen LogP contribution is -2.43. The second-order valence-electron chi connectivity index (χ2n) is 21.5. The molecule has 388 valence electrons. The van der Waals surface area contributed by atoms with Gasteiger partial charge in [0.05, 0.1) is 17.4 Å². The highest BCUT2D eigenvalue weighted by molar-refractivity contribution is 6.02. The van der Waals surface area contributed by atoms with Crippen molar-refractivity contribution in [3.8, 4) is 44.5 Å². The summed E-state index contributed by atoms with van der Waals surface area (Å²) >= 11 is 0. The maximum Gasteiger partial charge on any atom is 0.0720 e. The molecule has 3 nitrogen and oxygen atoms in total. The summed E-state index contributed by atoms with van der Waals surface area (Å²) in [5.41, 5.74) is 35.4. The number of allylic oxidation sites excluding steroid dienone is 2. The number of nitrogens with two attached hydrogens (primary N) is 1. The summed E-state index contributed by atoms with van der Waals surface area (Å²) in [6.45, 7) is 16.9. The number of hydrogen-bond donors (Lipinski definition) is 2. The van der Waals surface area contributed by atoms with Crippen molar-refractivity contribution in [2.75, 3.05) is 0 Å². The molecule has 0 unspecified atom stereocenters. The first-order valence-corrected chi connectivity index (χ1v) is 27.9. The third-order valence-corrected chi connectivity index (χ3v) is 17.2. The van der Waals surface area contributed by atoms with Crippen molar-refractivity contribution in [2.45, 2.75) is 77.3 Å². The van der Waals surface area contributed by atoms with E-state index in [4.69, 9.17) is 16.1 Å². The molecule has 0 saturated carbocycles. The van der Waals surface area contributed by atoms with Gasteiger partial charge in [-0.25, -0.2) is 0 Å². The average Bonchev–Trinajstić information content (AvgIpc) is 2.32. The van der Waals surface area contributed by atoms with Crippen molar-refractivity contribution in [1.29, 1.82) is 5.41 Å². The minimum Gasteiger partial charge on any atom is -0.326 e. The van der Waals surface area contributed by atoms with Gasteiger partial charge in [0.1, 0.15) is 0 Å². The molecule has 4 aliphatic carbocycles. The van der Waals surface area contributed by atoms with Gasteiger partial charge in [-0.3, -0.25) is 4.99 Å². The van der Waals surface area contributed by atoms with Crippen molar-refractivity contribution in [2.24, 2.45) is 10.7 Å². The molecule has 0 amide bonds. The fraction of sp³-hybridized carbons (Fsp3) is 0.158. The number of benzene rings is 10. The van der Waals surface area contributed by atoms with Crippen molar-refractivity contribution >= 4 is 12.9 Å². The van der Waals surface area contributed by atoms with Gasteiger partial charge in [-0.2, -0.15) is 0 Å². The van der Waals surface area contributed by atoms with E-state index in [0.717, 1.165) is 6.42 Å². The first-order valence-electron chi connectivity index (χ1n) is 27.9. The number of aliphatic imine (C=N–C) groups is 1. The van der Waals surface area contributed by atoms with Crippen LogP contribution in [0.15, 0.2) is 242 Å². The summed E-state index contributed by atoms with van der Waals surface area (Å²) in [5.74, 6) is 0. The summed E-state index contributed by atoms with van der Waals surface area (Å²) < 4.78 is 0. The van der Waals surface area contributed by atoms with Crippen LogP contribution in [0.25, 0.3) is 44.5 Å². The van der Waals surface area contributed by atoms with Crippen LogP contribution in [-0.2, 0) is 35.8 Å². The predicted octanol–water partition coefficient (Wildman–Crippen LogP) is 18.2. The van der Waals surface area contributed by atoms with E-state index >= 15 is 0 Å². The van der Waals surface area contributed by atoms with E-state index in [1.165, 1.54) is 128 Å².